The van der Waals surface area contributed by atoms with Crippen LogP contribution < -0.4 is 0 Å². The maximum atomic E-state index is 13.8. The third kappa shape index (κ3) is 4.04. The van der Waals surface area contributed by atoms with Gasteiger partial charge in [0.25, 0.3) is 5.91 Å². The number of hydrogen-bond donors (Lipinski definition) is 1. The molecule has 1 N–H and O–H groups in total. The average molecular weight is 400 g/mol. The normalized spacial score (nSPS) is 18.4. The van der Waals surface area contributed by atoms with Crippen LogP contribution in [0.2, 0.25) is 0 Å². The first kappa shape index (κ1) is 19.6. The third-order valence-corrected chi connectivity index (χ3v) is 5.20. The first-order valence-corrected chi connectivity index (χ1v) is 9.59. The molecule has 4 rings (SSSR count). The van der Waals surface area contributed by atoms with E-state index in [4.69, 9.17) is 9.47 Å². The molecule has 0 bridgehead atoms. The first-order valence-electron chi connectivity index (χ1n) is 9.59. The molecule has 7 nitrogen and oxygen atoms in total. The highest BCUT2D eigenvalue weighted by atomic mass is 19.1. The third-order valence-electron chi connectivity index (χ3n) is 5.20. The summed E-state index contributed by atoms with van der Waals surface area (Å²) in [6.45, 7) is 6.65. The molecule has 0 saturated carbocycles. The average Bonchev–Trinajstić information content (AvgIpc) is 3.32. The monoisotopic (exact) mass is 400 g/mol. The molecule has 154 valence electrons. The van der Waals surface area contributed by atoms with E-state index in [0.29, 0.717) is 25.4 Å². The molecule has 0 radical (unpaired) electrons. The number of aromatic nitrogens is 3. The minimum Gasteiger partial charge on any atom is -0.361 e. The molecule has 2 aromatic heterocycles. The number of H-pyrrole nitrogens is 1. The van der Waals surface area contributed by atoms with Crippen molar-refractivity contribution in [3.8, 4) is 0 Å². The van der Waals surface area contributed by atoms with Crippen LogP contribution in [-0.2, 0) is 23.1 Å². The van der Waals surface area contributed by atoms with Crippen molar-refractivity contribution in [2.75, 3.05) is 13.2 Å². The van der Waals surface area contributed by atoms with Crippen LogP contribution in [0, 0.1) is 12.7 Å². The van der Waals surface area contributed by atoms with Crippen LogP contribution in [0.15, 0.2) is 30.5 Å². The Labute approximate surface area is 168 Å². The van der Waals surface area contributed by atoms with E-state index in [1.165, 1.54) is 12.1 Å². The Balaban J connectivity index is 1.63. The number of fused-ring (bicyclic) bond motifs is 1. The molecular formula is C21H25FN4O3. The summed E-state index contributed by atoms with van der Waals surface area (Å²) in [7, 11) is 1.80. The predicted octanol–water partition coefficient (Wildman–Crippen LogP) is 3.14. The maximum Gasteiger partial charge on any atom is 0.274 e. The molecule has 8 heteroatoms. The highest BCUT2D eigenvalue weighted by Crippen LogP contribution is 2.26. The van der Waals surface area contributed by atoms with E-state index in [1.807, 2.05) is 27.0 Å². The lowest BCUT2D eigenvalue weighted by atomic mass is 10.1. The summed E-state index contributed by atoms with van der Waals surface area (Å²) in [6.07, 6.45) is 1.56. The topological polar surface area (TPSA) is 72.4 Å². The second kappa shape index (κ2) is 7.27. The number of ether oxygens (including phenoxy) is 2. The number of nitrogens with one attached hydrogen (secondary N) is 1. The number of aromatic amines is 1. The van der Waals surface area contributed by atoms with Gasteiger partial charge in [0.2, 0.25) is 0 Å². The van der Waals surface area contributed by atoms with Gasteiger partial charge in [-0.2, -0.15) is 5.10 Å². The summed E-state index contributed by atoms with van der Waals surface area (Å²) in [6, 6.07) is 6.35. The summed E-state index contributed by atoms with van der Waals surface area (Å²) in [4.78, 5) is 18.1. The van der Waals surface area contributed by atoms with Crippen LogP contribution in [-0.4, -0.2) is 50.6 Å². The van der Waals surface area contributed by atoms with Crippen molar-refractivity contribution in [1.29, 1.82) is 0 Å². The van der Waals surface area contributed by atoms with Crippen molar-refractivity contribution in [1.82, 2.24) is 19.7 Å². The number of amides is 1. The quantitative estimate of drug-likeness (QED) is 0.714. The van der Waals surface area contributed by atoms with Gasteiger partial charge in [0.1, 0.15) is 11.9 Å². The lowest BCUT2D eigenvalue weighted by molar-refractivity contribution is -0.139. The fourth-order valence-electron chi connectivity index (χ4n) is 3.63. The zero-order valence-electron chi connectivity index (χ0n) is 17.0. The van der Waals surface area contributed by atoms with Gasteiger partial charge in [-0.1, -0.05) is 0 Å². The van der Waals surface area contributed by atoms with E-state index < -0.39 is 5.79 Å². The number of carbonyl (C=O) groups is 1. The maximum absolute atomic E-state index is 13.8. The van der Waals surface area contributed by atoms with Gasteiger partial charge in [-0.3, -0.25) is 9.48 Å². The standard InChI is InChI=1S/C21H25FN4O3/c1-13-7-19(24-25(13)4)20(27)26(11-16-12-28-21(2,3)29-16)10-14-9-23-18-6-5-15(22)8-17(14)18/h5-9,16,23H,10-12H2,1-4H3/t16-/m1/s1. The lowest BCUT2D eigenvalue weighted by Crippen LogP contribution is -2.39. The van der Waals surface area contributed by atoms with Gasteiger partial charge < -0.3 is 19.4 Å². The molecule has 1 saturated heterocycles. The minimum atomic E-state index is -0.676. The smallest absolute Gasteiger partial charge is 0.274 e. The van der Waals surface area contributed by atoms with Crippen molar-refractivity contribution in [3.05, 3.63) is 53.2 Å². The molecule has 0 unspecified atom stereocenters. The lowest BCUT2D eigenvalue weighted by Gasteiger charge is -2.25. The second-order valence-electron chi connectivity index (χ2n) is 7.93. The van der Waals surface area contributed by atoms with Crippen LogP contribution in [0.3, 0.4) is 0 Å². The fraction of sp³-hybridized carbons (Fsp3) is 0.429. The number of rotatable bonds is 5. The molecule has 0 spiro atoms. The van der Waals surface area contributed by atoms with Crippen LogP contribution >= 0.6 is 0 Å². The Kier molecular flexibility index (Phi) is 4.92. The van der Waals surface area contributed by atoms with E-state index in [1.54, 1.807) is 28.8 Å². The van der Waals surface area contributed by atoms with Crippen molar-refractivity contribution >= 4 is 16.8 Å². The van der Waals surface area contributed by atoms with Crippen LogP contribution in [0.5, 0.6) is 0 Å². The summed E-state index contributed by atoms with van der Waals surface area (Å²) in [5, 5.41) is 5.08. The predicted molar refractivity (Wildman–Crippen MR) is 106 cm³/mol. The molecule has 29 heavy (non-hydrogen) atoms. The number of carbonyl (C=O) groups excluding carboxylic acids is 1. The van der Waals surface area contributed by atoms with Gasteiger partial charge in [-0.05, 0) is 50.6 Å². The first-order chi connectivity index (χ1) is 13.7. The summed E-state index contributed by atoms with van der Waals surface area (Å²) >= 11 is 0. The number of halogens is 1. The molecule has 3 heterocycles. The molecule has 1 amide bonds. The fourth-order valence-corrected chi connectivity index (χ4v) is 3.63. The molecule has 3 aromatic rings. The number of nitrogens with zero attached hydrogens (tertiary/aromatic N) is 3. The van der Waals surface area contributed by atoms with Gasteiger partial charge >= 0.3 is 0 Å². The Bertz CT molecular complexity index is 1040. The van der Waals surface area contributed by atoms with Crippen LogP contribution in [0.1, 0.15) is 35.6 Å². The highest BCUT2D eigenvalue weighted by molar-refractivity contribution is 5.93. The molecule has 0 aliphatic carbocycles. The number of hydrogen-bond acceptors (Lipinski definition) is 4. The zero-order chi connectivity index (χ0) is 20.8. The second-order valence-corrected chi connectivity index (χ2v) is 7.93. The van der Waals surface area contributed by atoms with Crippen molar-refractivity contribution < 1.29 is 18.7 Å². The van der Waals surface area contributed by atoms with Gasteiger partial charge in [-0.25, -0.2) is 4.39 Å². The van der Waals surface area contributed by atoms with Gasteiger partial charge in [0.15, 0.2) is 11.5 Å². The molecule has 1 aliphatic rings. The Hall–Kier alpha value is -2.71. The number of benzene rings is 1. The largest absolute Gasteiger partial charge is 0.361 e. The SMILES string of the molecule is Cc1cc(C(=O)N(Cc2c[nH]c3ccc(F)cc23)C[C@@H]2COC(C)(C)O2)nn1C. The van der Waals surface area contributed by atoms with Crippen molar-refractivity contribution in [2.24, 2.45) is 7.05 Å². The van der Waals surface area contributed by atoms with Gasteiger partial charge in [-0.15, -0.1) is 0 Å². The molecule has 1 aromatic carbocycles. The summed E-state index contributed by atoms with van der Waals surface area (Å²) < 4.78 is 27.0. The summed E-state index contributed by atoms with van der Waals surface area (Å²) in [5.74, 6) is -1.19. The Morgan fingerprint density at radius 3 is 2.86 bits per heavy atom. The van der Waals surface area contributed by atoms with E-state index in [0.717, 1.165) is 22.2 Å². The van der Waals surface area contributed by atoms with Gasteiger partial charge in [0.05, 0.1) is 6.61 Å². The number of aryl methyl sites for hydroxylation is 2. The van der Waals surface area contributed by atoms with Crippen molar-refractivity contribution in [3.63, 3.8) is 0 Å². The van der Waals surface area contributed by atoms with Crippen molar-refractivity contribution in [2.45, 2.75) is 39.2 Å². The minimum absolute atomic E-state index is 0.201. The molecule has 1 aliphatic heterocycles. The zero-order valence-corrected chi connectivity index (χ0v) is 17.0. The van der Waals surface area contributed by atoms with Gasteiger partial charge in [0, 0.05) is 42.9 Å². The highest BCUT2D eigenvalue weighted by Gasteiger charge is 2.35. The molecule has 1 fully saturated rings. The van der Waals surface area contributed by atoms with Crippen LogP contribution in [0.25, 0.3) is 10.9 Å². The van der Waals surface area contributed by atoms with E-state index >= 15 is 0 Å². The molecular weight excluding hydrogens is 375 g/mol. The van der Waals surface area contributed by atoms with E-state index in [-0.39, 0.29) is 17.8 Å². The van der Waals surface area contributed by atoms with Crippen LogP contribution in [0.4, 0.5) is 4.39 Å². The Morgan fingerprint density at radius 2 is 2.21 bits per heavy atom. The molecule has 1 atom stereocenters. The Morgan fingerprint density at radius 1 is 1.41 bits per heavy atom. The summed E-state index contributed by atoms with van der Waals surface area (Å²) in [5.41, 5.74) is 2.92. The van der Waals surface area contributed by atoms with E-state index in [2.05, 4.69) is 10.1 Å². The van der Waals surface area contributed by atoms with E-state index in [9.17, 15) is 9.18 Å².